The van der Waals surface area contributed by atoms with Gasteiger partial charge in [0.25, 0.3) is 0 Å². The van der Waals surface area contributed by atoms with E-state index in [1.54, 1.807) is 6.07 Å². The van der Waals surface area contributed by atoms with E-state index >= 15 is 0 Å². The second kappa shape index (κ2) is 6.39. The van der Waals surface area contributed by atoms with Crippen molar-refractivity contribution in [2.75, 3.05) is 0 Å². The Bertz CT molecular complexity index is 465. The third-order valence-electron chi connectivity index (χ3n) is 4.42. The summed E-state index contributed by atoms with van der Waals surface area (Å²) in [5.74, 6) is 0. The minimum Gasteiger partial charge on any atom is -0.310 e. The van der Waals surface area contributed by atoms with Crippen molar-refractivity contribution < 1.29 is 13.2 Å². The predicted molar refractivity (Wildman–Crippen MR) is 78.9 cm³/mol. The molecule has 2 rings (SSSR count). The third kappa shape index (κ3) is 5.03. The summed E-state index contributed by atoms with van der Waals surface area (Å²) in [5.41, 5.74) is 0.532. The van der Waals surface area contributed by atoms with Gasteiger partial charge in [-0.25, -0.2) is 0 Å². The van der Waals surface area contributed by atoms with Gasteiger partial charge in [0.05, 0.1) is 5.56 Å². The average Bonchev–Trinajstić information content (AvgIpc) is 2.57. The van der Waals surface area contributed by atoms with Crippen LogP contribution in [0.4, 0.5) is 13.2 Å². The monoisotopic (exact) mass is 299 g/mol. The summed E-state index contributed by atoms with van der Waals surface area (Å²) in [6.45, 7) is 5.10. The second-order valence-corrected chi connectivity index (χ2v) is 6.87. The van der Waals surface area contributed by atoms with Crippen molar-refractivity contribution in [3.05, 3.63) is 35.4 Å². The highest BCUT2D eigenvalue weighted by atomic mass is 19.4. The summed E-state index contributed by atoms with van der Waals surface area (Å²) in [6, 6.07) is 6.02. The number of hydrogen-bond donors (Lipinski definition) is 1. The minimum absolute atomic E-state index is 0.395. The number of hydrogen-bond acceptors (Lipinski definition) is 1. The van der Waals surface area contributed by atoms with Crippen LogP contribution in [-0.4, -0.2) is 6.04 Å². The maximum atomic E-state index is 12.7. The Labute approximate surface area is 124 Å². The van der Waals surface area contributed by atoms with Crippen LogP contribution in [0.15, 0.2) is 24.3 Å². The molecule has 0 aromatic heterocycles. The quantitative estimate of drug-likeness (QED) is 0.761. The molecule has 0 radical (unpaired) electrons. The predicted octanol–water partition coefficient (Wildman–Crippen LogP) is 5.15. The van der Waals surface area contributed by atoms with E-state index in [-0.39, 0.29) is 0 Å². The first kappa shape index (κ1) is 16.3. The van der Waals surface area contributed by atoms with Crippen LogP contribution in [-0.2, 0) is 12.7 Å². The minimum atomic E-state index is -4.26. The Morgan fingerprint density at radius 3 is 2.67 bits per heavy atom. The summed E-state index contributed by atoms with van der Waals surface area (Å²) in [4.78, 5) is 0. The lowest BCUT2D eigenvalue weighted by atomic mass is 9.85. The van der Waals surface area contributed by atoms with Crippen molar-refractivity contribution in [3.63, 3.8) is 0 Å². The fourth-order valence-electron chi connectivity index (χ4n) is 2.99. The topological polar surface area (TPSA) is 12.0 Å². The van der Waals surface area contributed by atoms with E-state index in [9.17, 15) is 13.2 Å². The van der Waals surface area contributed by atoms with Gasteiger partial charge in [-0.15, -0.1) is 0 Å². The molecule has 1 saturated carbocycles. The molecule has 4 heteroatoms. The lowest BCUT2D eigenvalue weighted by molar-refractivity contribution is -0.137. The molecule has 118 valence electrons. The zero-order valence-electron chi connectivity index (χ0n) is 12.8. The smallest absolute Gasteiger partial charge is 0.310 e. The molecule has 1 N–H and O–H groups in total. The van der Waals surface area contributed by atoms with Crippen molar-refractivity contribution in [2.45, 2.75) is 64.7 Å². The first-order valence-corrected chi connectivity index (χ1v) is 7.66. The molecule has 1 aromatic rings. The Morgan fingerprint density at radius 1 is 1.19 bits per heavy atom. The molecule has 21 heavy (non-hydrogen) atoms. The number of halogens is 3. The number of nitrogens with one attached hydrogen (secondary N) is 1. The van der Waals surface area contributed by atoms with E-state index in [0.717, 1.165) is 18.9 Å². The van der Waals surface area contributed by atoms with Gasteiger partial charge < -0.3 is 5.32 Å². The molecule has 1 nitrogen and oxygen atoms in total. The summed E-state index contributed by atoms with van der Waals surface area (Å²) in [7, 11) is 0. The standard InChI is InChI=1S/C17H24F3N/c1-16(2)9-4-7-15(8-10-16)21-12-13-5-3-6-14(11-13)17(18,19)20/h3,5-6,11,15,21H,4,7-10,12H2,1-2H3. The number of benzene rings is 1. The SMILES string of the molecule is CC1(C)CCCC(NCc2cccc(C(F)(F)F)c2)CC1. The van der Waals surface area contributed by atoms with Gasteiger partial charge in [0.1, 0.15) is 0 Å². The van der Waals surface area contributed by atoms with Gasteiger partial charge in [0, 0.05) is 12.6 Å². The van der Waals surface area contributed by atoms with Crippen LogP contribution in [0, 0.1) is 5.41 Å². The molecule has 1 fully saturated rings. The van der Waals surface area contributed by atoms with Crippen molar-refractivity contribution in [2.24, 2.45) is 5.41 Å². The molecule has 0 amide bonds. The zero-order valence-corrected chi connectivity index (χ0v) is 12.8. The molecular weight excluding hydrogens is 275 g/mol. The van der Waals surface area contributed by atoms with Crippen molar-refractivity contribution in [1.29, 1.82) is 0 Å². The Kier molecular flexibility index (Phi) is 4.97. The van der Waals surface area contributed by atoms with Crippen LogP contribution >= 0.6 is 0 Å². The molecule has 0 aliphatic heterocycles. The molecule has 0 bridgehead atoms. The van der Waals surface area contributed by atoms with Crippen molar-refractivity contribution >= 4 is 0 Å². The Hall–Kier alpha value is -1.03. The Morgan fingerprint density at radius 2 is 1.95 bits per heavy atom. The average molecular weight is 299 g/mol. The van der Waals surface area contributed by atoms with Gasteiger partial charge >= 0.3 is 6.18 Å². The van der Waals surface area contributed by atoms with E-state index in [1.807, 2.05) is 0 Å². The van der Waals surface area contributed by atoms with E-state index in [1.165, 1.54) is 31.4 Å². The summed E-state index contributed by atoms with van der Waals surface area (Å²) in [6.07, 6.45) is 1.55. The highest BCUT2D eigenvalue weighted by molar-refractivity contribution is 5.25. The molecular formula is C17H24F3N. The molecule has 0 saturated heterocycles. The normalized spacial score (nSPS) is 22.8. The van der Waals surface area contributed by atoms with E-state index < -0.39 is 11.7 Å². The fraction of sp³-hybridized carbons (Fsp3) is 0.647. The van der Waals surface area contributed by atoms with Crippen LogP contribution in [0.1, 0.15) is 57.1 Å². The Balaban J connectivity index is 1.91. The zero-order chi connectivity index (χ0) is 15.5. The summed E-state index contributed by atoms with van der Waals surface area (Å²) >= 11 is 0. The highest BCUT2D eigenvalue weighted by Crippen LogP contribution is 2.34. The van der Waals surface area contributed by atoms with E-state index in [4.69, 9.17) is 0 Å². The van der Waals surface area contributed by atoms with E-state index in [0.29, 0.717) is 23.6 Å². The molecule has 1 aliphatic rings. The van der Waals surface area contributed by atoms with Gasteiger partial charge in [0.15, 0.2) is 0 Å². The summed E-state index contributed by atoms with van der Waals surface area (Å²) in [5, 5.41) is 3.43. The van der Waals surface area contributed by atoms with Crippen LogP contribution in [0.3, 0.4) is 0 Å². The van der Waals surface area contributed by atoms with Crippen LogP contribution in [0.5, 0.6) is 0 Å². The maximum Gasteiger partial charge on any atom is 0.416 e. The number of alkyl halides is 3. The molecule has 1 aliphatic carbocycles. The molecule has 1 unspecified atom stereocenters. The van der Waals surface area contributed by atoms with E-state index in [2.05, 4.69) is 19.2 Å². The first-order valence-electron chi connectivity index (χ1n) is 7.66. The van der Waals surface area contributed by atoms with Crippen molar-refractivity contribution in [3.8, 4) is 0 Å². The van der Waals surface area contributed by atoms with Crippen LogP contribution in [0.2, 0.25) is 0 Å². The molecule has 1 aromatic carbocycles. The second-order valence-electron chi connectivity index (χ2n) is 6.87. The lowest BCUT2D eigenvalue weighted by Crippen LogP contribution is -2.28. The first-order chi connectivity index (χ1) is 9.76. The van der Waals surface area contributed by atoms with Gasteiger partial charge in [0.2, 0.25) is 0 Å². The van der Waals surface area contributed by atoms with Gasteiger partial charge in [-0.3, -0.25) is 0 Å². The molecule has 0 spiro atoms. The molecule has 0 heterocycles. The van der Waals surface area contributed by atoms with Gasteiger partial charge in [-0.05, 0) is 42.7 Å². The number of rotatable bonds is 3. The summed E-state index contributed by atoms with van der Waals surface area (Å²) < 4.78 is 38.0. The fourth-order valence-corrected chi connectivity index (χ4v) is 2.99. The van der Waals surface area contributed by atoms with Crippen molar-refractivity contribution in [1.82, 2.24) is 5.32 Å². The third-order valence-corrected chi connectivity index (χ3v) is 4.42. The maximum absolute atomic E-state index is 12.7. The lowest BCUT2D eigenvalue weighted by Gasteiger charge is -2.22. The van der Waals surface area contributed by atoms with Crippen LogP contribution in [0.25, 0.3) is 0 Å². The molecule has 1 atom stereocenters. The van der Waals surface area contributed by atoms with Gasteiger partial charge in [-0.2, -0.15) is 13.2 Å². The van der Waals surface area contributed by atoms with Crippen LogP contribution < -0.4 is 5.32 Å². The van der Waals surface area contributed by atoms with Gasteiger partial charge in [-0.1, -0.05) is 38.5 Å². The highest BCUT2D eigenvalue weighted by Gasteiger charge is 2.30. The largest absolute Gasteiger partial charge is 0.416 e.